The van der Waals surface area contributed by atoms with Gasteiger partial charge in [-0.15, -0.1) is 0 Å². The summed E-state index contributed by atoms with van der Waals surface area (Å²) in [6, 6.07) is 12.4. The summed E-state index contributed by atoms with van der Waals surface area (Å²) in [5.74, 6) is -0.571. The molecule has 0 N–H and O–H groups in total. The molecule has 0 radical (unpaired) electrons. The number of imide groups is 1. The van der Waals surface area contributed by atoms with Crippen LogP contribution in [-0.2, 0) is 9.59 Å². The van der Waals surface area contributed by atoms with E-state index in [1.165, 1.54) is 16.2 Å². The average Bonchev–Trinajstić information content (AvgIpc) is 3.37. The van der Waals surface area contributed by atoms with Crippen LogP contribution in [0.2, 0.25) is 5.02 Å². The first kappa shape index (κ1) is 20.9. The number of amides is 3. The number of carbonyl (C=O) groups is 3. The first-order chi connectivity index (χ1) is 15.5. The lowest BCUT2D eigenvalue weighted by molar-refractivity contribution is -0.121. The van der Waals surface area contributed by atoms with Crippen LogP contribution in [0.15, 0.2) is 42.5 Å². The summed E-state index contributed by atoms with van der Waals surface area (Å²) in [6.07, 6.45) is 1.79. The number of anilines is 1. The Kier molecular flexibility index (Phi) is 5.57. The number of fused-ring (bicyclic) bond motifs is 1. The summed E-state index contributed by atoms with van der Waals surface area (Å²) < 4.78 is 7.05. The Labute approximate surface area is 193 Å². The van der Waals surface area contributed by atoms with E-state index in [4.69, 9.17) is 16.3 Å². The van der Waals surface area contributed by atoms with Gasteiger partial charge in [-0.1, -0.05) is 35.1 Å². The molecule has 0 atom stereocenters. The van der Waals surface area contributed by atoms with Gasteiger partial charge in [0.25, 0.3) is 11.1 Å². The number of rotatable bonds is 4. The third-order valence-electron chi connectivity index (χ3n) is 5.75. The Bertz CT molecular complexity index is 1200. The molecular formula is C23H20ClN3O4S. The van der Waals surface area contributed by atoms with Crippen LogP contribution in [0.4, 0.5) is 5.69 Å². The zero-order valence-corrected chi connectivity index (χ0v) is 18.7. The summed E-state index contributed by atoms with van der Waals surface area (Å²) in [6.45, 7) is 1.11. The quantitative estimate of drug-likeness (QED) is 0.532. The molecule has 0 aliphatic carbocycles. The number of para-hydroxylation sites is 1. The van der Waals surface area contributed by atoms with Gasteiger partial charge in [0, 0.05) is 44.3 Å². The molecule has 3 amide bonds. The zero-order valence-electron chi connectivity index (χ0n) is 17.1. The Morgan fingerprint density at radius 2 is 1.78 bits per heavy atom. The fourth-order valence-electron chi connectivity index (χ4n) is 4.09. The minimum atomic E-state index is -0.228. The Hall–Kier alpha value is -2.97. The number of thiazole rings is 1. The summed E-state index contributed by atoms with van der Waals surface area (Å²) in [5.41, 5.74) is 1.67. The molecule has 32 heavy (non-hydrogen) atoms. The highest BCUT2D eigenvalue weighted by atomic mass is 35.5. The molecule has 7 nitrogen and oxygen atoms in total. The highest BCUT2D eigenvalue weighted by Crippen LogP contribution is 2.33. The molecule has 9 heteroatoms. The lowest BCUT2D eigenvalue weighted by atomic mass is 10.1. The number of aromatic nitrogens is 1. The van der Waals surface area contributed by atoms with Crippen LogP contribution in [0.1, 0.15) is 36.0 Å². The van der Waals surface area contributed by atoms with Crippen LogP contribution in [0.3, 0.4) is 0 Å². The van der Waals surface area contributed by atoms with Gasteiger partial charge in [-0.05, 0) is 30.3 Å². The van der Waals surface area contributed by atoms with E-state index in [0.29, 0.717) is 47.4 Å². The molecule has 1 aromatic heterocycles. The standard InChI is InChI=1S/C23H20ClN3O4S/c24-17-5-2-6-18-21(17)25-23(32-18)31-16-9-11-26(12-10-16)22(30)14-3-1-4-15(13-14)27-19(28)7-8-20(27)29/h1-6,13,16H,7-12H2. The molecule has 0 unspecified atom stereocenters. The largest absolute Gasteiger partial charge is 0.467 e. The summed E-state index contributed by atoms with van der Waals surface area (Å²) in [7, 11) is 0. The van der Waals surface area contributed by atoms with Crippen molar-refractivity contribution >= 4 is 56.6 Å². The van der Waals surface area contributed by atoms with Crippen molar-refractivity contribution in [3.63, 3.8) is 0 Å². The number of hydrogen-bond donors (Lipinski definition) is 0. The monoisotopic (exact) mass is 469 g/mol. The van der Waals surface area contributed by atoms with Crippen LogP contribution in [0.5, 0.6) is 5.19 Å². The van der Waals surface area contributed by atoms with Gasteiger partial charge in [-0.25, -0.2) is 4.98 Å². The Morgan fingerprint density at radius 1 is 1.06 bits per heavy atom. The lowest BCUT2D eigenvalue weighted by Crippen LogP contribution is -2.41. The molecular weight excluding hydrogens is 450 g/mol. The second-order valence-electron chi connectivity index (χ2n) is 7.85. The van der Waals surface area contributed by atoms with Gasteiger partial charge in [-0.3, -0.25) is 19.3 Å². The fraction of sp³-hybridized carbons (Fsp3) is 0.304. The third kappa shape index (κ3) is 3.96. The SMILES string of the molecule is O=C(c1cccc(N2C(=O)CCC2=O)c1)N1CCC(Oc2nc3c(Cl)cccc3s2)CC1. The predicted octanol–water partition coefficient (Wildman–Crippen LogP) is 4.29. The summed E-state index contributed by atoms with van der Waals surface area (Å²) in [4.78, 5) is 44.5. The molecule has 5 rings (SSSR count). The van der Waals surface area contributed by atoms with Crippen LogP contribution >= 0.6 is 22.9 Å². The van der Waals surface area contributed by atoms with Crippen molar-refractivity contribution in [3.05, 3.63) is 53.1 Å². The highest BCUT2D eigenvalue weighted by molar-refractivity contribution is 7.20. The lowest BCUT2D eigenvalue weighted by Gasteiger charge is -2.31. The van der Waals surface area contributed by atoms with Crippen LogP contribution in [-0.4, -0.2) is 46.8 Å². The van der Waals surface area contributed by atoms with E-state index in [9.17, 15) is 14.4 Å². The van der Waals surface area contributed by atoms with Gasteiger partial charge >= 0.3 is 0 Å². The number of carbonyl (C=O) groups excluding carboxylic acids is 3. The van der Waals surface area contributed by atoms with Gasteiger partial charge in [0.15, 0.2) is 0 Å². The number of piperidine rings is 1. The topological polar surface area (TPSA) is 79.8 Å². The second-order valence-corrected chi connectivity index (χ2v) is 9.25. The molecule has 3 aromatic rings. The van der Waals surface area contributed by atoms with Gasteiger partial charge < -0.3 is 9.64 Å². The van der Waals surface area contributed by atoms with Crippen LogP contribution < -0.4 is 9.64 Å². The van der Waals surface area contributed by atoms with E-state index in [1.54, 1.807) is 29.2 Å². The average molecular weight is 470 g/mol. The minimum absolute atomic E-state index is 0.0236. The maximum absolute atomic E-state index is 13.0. The molecule has 2 aromatic carbocycles. The number of hydrogen-bond acceptors (Lipinski definition) is 6. The van der Waals surface area contributed by atoms with Crippen molar-refractivity contribution < 1.29 is 19.1 Å². The molecule has 3 heterocycles. The highest BCUT2D eigenvalue weighted by Gasteiger charge is 2.31. The van der Waals surface area contributed by atoms with Gasteiger partial charge in [-0.2, -0.15) is 0 Å². The Balaban J connectivity index is 1.23. The minimum Gasteiger partial charge on any atom is -0.467 e. The van der Waals surface area contributed by atoms with E-state index in [2.05, 4.69) is 4.98 Å². The van der Waals surface area contributed by atoms with Gasteiger partial charge in [0.1, 0.15) is 11.6 Å². The molecule has 2 aliphatic rings. The fourth-order valence-corrected chi connectivity index (χ4v) is 5.27. The molecule has 2 fully saturated rings. The van der Waals surface area contributed by atoms with Crippen molar-refractivity contribution in [2.24, 2.45) is 0 Å². The maximum atomic E-state index is 13.0. The first-order valence-corrected chi connectivity index (χ1v) is 11.7. The van der Waals surface area contributed by atoms with Crippen molar-refractivity contribution in [2.75, 3.05) is 18.0 Å². The van der Waals surface area contributed by atoms with Crippen molar-refractivity contribution in [2.45, 2.75) is 31.8 Å². The van der Waals surface area contributed by atoms with E-state index in [0.717, 1.165) is 10.2 Å². The predicted molar refractivity (Wildman–Crippen MR) is 122 cm³/mol. The van der Waals surface area contributed by atoms with Crippen molar-refractivity contribution in [1.29, 1.82) is 0 Å². The first-order valence-electron chi connectivity index (χ1n) is 10.5. The Morgan fingerprint density at radius 3 is 2.50 bits per heavy atom. The summed E-state index contributed by atoms with van der Waals surface area (Å²) >= 11 is 7.66. The zero-order chi connectivity index (χ0) is 22.2. The summed E-state index contributed by atoms with van der Waals surface area (Å²) in [5, 5.41) is 1.19. The van der Waals surface area contributed by atoms with E-state index in [1.807, 2.05) is 18.2 Å². The van der Waals surface area contributed by atoms with Crippen molar-refractivity contribution in [3.8, 4) is 5.19 Å². The number of nitrogens with zero attached hydrogens (tertiary/aromatic N) is 3. The molecule has 0 saturated carbocycles. The third-order valence-corrected chi connectivity index (χ3v) is 6.97. The second kappa shape index (κ2) is 8.52. The normalized spacial score (nSPS) is 17.4. The van der Waals surface area contributed by atoms with Crippen LogP contribution in [0.25, 0.3) is 10.2 Å². The van der Waals surface area contributed by atoms with E-state index >= 15 is 0 Å². The molecule has 0 bridgehead atoms. The maximum Gasteiger partial charge on any atom is 0.274 e. The van der Waals surface area contributed by atoms with E-state index in [-0.39, 0.29) is 36.7 Å². The molecule has 2 saturated heterocycles. The van der Waals surface area contributed by atoms with Crippen molar-refractivity contribution in [1.82, 2.24) is 9.88 Å². The number of halogens is 1. The molecule has 2 aliphatic heterocycles. The number of benzene rings is 2. The smallest absolute Gasteiger partial charge is 0.274 e. The number of ether oxygens (including phenoxy) is 1. The number of likely N-dealkylation sites (tertiary alicyclic amines) is 1. The van der Waals surface area contributed by atoms with E-state index < -0.39 is 0 Å². The van der Waals surface area contributed by atoms with Crippen LogP contribution in [0, 0.1) is 0 Å². The molecule has 164 valence electrons. The molecule has 0 spiro atoms. The van der Waals surface area contributed by atoms with Gasteiger partial charge in [0.2, 0.25) is 11.8 Å². The van der Waals surface area contributed by atoms with Gasteiger partial charge in [0.05, 0.1) is 15.4 Å².